The molecule has 0 spiro atoms. The summed E-state index contributed by atoms with van der Waals surface area (Å²) in [5, 5.41) is 3.00. The number of nitrogens with one attached hydrogen (secondary N) is 1. The van der Waals surface area contributed by atoms with Crippen molar-refractivity contribution in [1.29, 1.82) is 0 Å². The number of amides is 1. The van der Waals surface area contributed by atoms with Gasteiger partial charge in [-0.25, -0.2) is 4.79 Å². The van der Waals surface area contributed by atoms with Gasteiger partial charge in [0, 0.05) is 38.3 Å². The Labute approximate surface area is 180 Å². The third kappa shape index (κ3) is 4.15. The lowest BCUT2D eigenvalue weighted by Crippen LogP contribution is -2.39. The molecule has 0 atom stereocenters. The summed E-state index contributed by atoms with van der Waals surface area (Å²) in [7, 11) is 2.98. The molecule has 8 nitrogen and oxygen atoms in total. The molecule has 1 N–H and O–H groups in total. The van der Waals surface area contributed by atoms with Crippen LogP contribution in [0, 0.1) is 0 Å². The molecule has 1 aliphatic carbocycles. The number of hydrogen-bond donors (Lipinski definition) is 1. The molecule has 31 heavy (non-hydrogen) atoms. The predicted octanol–water partition coefficient (Wildman–Crippen LogP) is 1.50. The number of hydrogen-bond acceptors (Lipinski definition) is 5. The van der Waals surface area contributed by atoms with Crippen molar-refractivity contribution in [1.82, 2.24) is 14.5 Å². The van der Waals surface area contributed by atoms with Crippen molar-refractivity contribution in [2.45, 2.75) is 31.1 Å². The maximum atomic E-state index is 12.5. The summed E-state index contributed by atoms with van der Waals surface area (Å²) in [4.78, 5) is 36.5. The van der Waals surface area contributed by atoms with E-state index < -0.39 is 11.2 Å². The highest BCUT2D eigenvalue weighted by atomic mass is 16.6. The minimum Gasteiger partial charge on any atom is -0.486 e. The Morgan fingerprint density at radius 2 is 1.84 bits per heavy atom. The Morgan fingerprint density at radius 1 is 1.13 bits per heavy atom. The van der Waals surface area contributed by atoms with Gasteiger partial charge in [0.1, 0.15) is 13.2 Å². The number of fused-ring (bicyclic) bond motifs is 1. The molecule has 8 heteroatoms. The van der Waals surface area contributed by atoms with Crippen LogP contribution < -0.4 is 26.0 Å². The van der Waals surface area contributed by atoms with Crippen molar-refractivity contribution in [2.75, 3.05) is 19.8 Å². The van der Waals surface area contributed by atoms with Crippen LogP contribution in [0.5, 0.6) is 11.5 Å². The molecule has 0 bridgehead atoms. The zero-order chi connectivity index (χ0) is 22.0. The van der Waals surface area contributed by atoms with Crippen LogP contribution in [0.15, 0.2) is 40.1 Å². The van der Waals surface area contributed by atoms with Gasteiger partial charge in [0.15, 0.2) is 11.5 Å². The Morgan fingerprint density at radius 3 is 2.58 bits per heavy atom. The molecule has 1 aromatic carbocycles. The van der Waals surface area contributed by atoms with Gasteiger partial charge in [-0.05, 0) is 36.6 Å². The van der Waals surface area contributed by atoms with Crippen molar-refractivity contribution in [3.8, 4) is 11.5 Å². The number of rotatable bonds is 5. The van der Waals surface area contributed by atoms with Crippen LogP contribution in [0.1, 0.15) is 36.8 Å². The fraction of sp³-hybridized carbons (Fsp3) is 0.435. The normalized spacial score (nSPS) is 17.1. The van der Waals surface area contributed by atoms with E-state index >= 15 is 0 Å². The zero-order valence-electron chi connectivity index (χ0n) is 17.8. The molecule has 164 valence electrons. The maximum Gasteiger partial charge on any atom is 0.330 e. The molecule has 1 aliphatic heterocycles. The van der Waals surface area contributed by atoms with Gasteiger partial charge in [-0.2, -0.15) is 0 Å². The number of aryl methyl sites for hydroxylation is 1. The van der Waals surface area contributed by atoms with Gasteiger partial charge in [-0.15, -0.1) is 0 Å². The minimum atomic E-state index is -0.435. The number of benzene rings is 1. The highest BCUT2D eigenvalue weighted by molar-refractivity contribution is 5.91. The van der Waals surface area contributed by atoms with Crippen LogP contribution in [-0.2, 0) is 24.3 Å². The highest BCUT2D eigenvalue weighted by Crippen LogP contribution is 2.43. The monoisotopic (exact) mass is 425 g/mol. The summed E-state index contributed by atoms with van der Waals surface area (Å²) in [6, 6.07) is 6.05. The average molecular weight is 425 g/mol. The van der Waals surface area contributed by atoms with E-state index in [0.29, 0.717) is 19.8 Å². The molecule has 0 radical (unpaired) electrons. The van der Waals surface area contributed by atoms with Gasteiger partial charge in [-0.3, -0.25) is 14.2 Å². The first-order valence-corrected chi connectivity index (χ1v) is 10.5. The number of carbonyl (C=O) groups is 1. The van der Waals surface area contributed by atoms with Crippen molar-refractivity contribution < 1.29 is 14.3 Å². The number of ether oxygens (including phenoxy) is 2. The van der Waals surface area contributed by atoms with Crippen LogP contribution in [0.3, 0.4) is 0 Å². The molecule has 0 saturated heterocycles. The van der Waals surface area contributed by atoms with E-state index in [1.165, 1.54) is 30.0 Å². The van der Waals surface area contributed by atoms with Gasteiger partial charge in [0.2, 0.25) is 5.91 Å². The molecule has 0 unspecified atom stereocenters. The number of carbonyl (C=O) groups excluding carboxylic acids is 1. The lowest BCUT2D eigenvalue weighted by atomic mass is 9.78. The zero-order valence-corrected chi connectivity index (χ0v) is 17.8. The third-order valence-corrected chi connectivity index (χ3v) is 6.20. The van der Waals surface area contributed by atoms with Gasteiger partial charge < -0.3 is 19.4 Å². The summed E-state index contributed by atoms with van der Waals surface area (Å²) in [5.74, 6) is 1.24. The quantitative estimate of drug-likeness (QED) is 0.733. The van der Waals surface area contributed by atoms with Crippen molar-refractivity contribution in [3.63, 3.8) is 0 Å². The summed E-state index contributed by atoms with van der Waals surface area (Å²) >= 11 is 0. The summed E-state index contributed by atoms with van der Waals surface area (Å²) in [5.41, 5.74) is 0.434. The van der Waals surface area contributed by atoms with Crippen LogP contribution in [0.2, 0.25) is 0 Å². The van der Waals surface area contributed by atoms with E-state index in [9.17, 15) is 14.4 Å². The number of aromatic nitrogens is 2. The largest absolute Gasteiger partial charge is 0.486 e. The first-order chi connectivity index (χ1) is 14.9. The van der Waals surface area contributed by atoms with E-state index in [4.69, 9.17) is 9.47 Å². The molecular weight excluding hydrogens is 398 g/mol. The molecule has 1 saturated carbocycles. The smallest absolute Gasteiger partial charge is 0.330 e. The Hall–Kier alpha value is -3.29. The van der Waals surface area contributed by atoms with E-state index in [0.717, 1.165) is 47.3 Å². The molecule has 2 aromatic rings. The average Bonchev–Trinajstić information content (AvgIpc) is 3.27. The van der Waals surface area contributed by atoms with E-state index in [1.54, 1.807) is 7.05 Å². The van der Waals surface area contributed by atoms with Crippen LogP contribution in [0.25, 0.3) is 6.08 Å². The van der Waals surface area contributed by atoms with Gasteiger partial charge >= 0.3 is 5.69 Å². The molecule has 1 fully saturated rings. The van der Waals surface area contributed by atoms with Crippen LogP contribution in [-0.4, -0.2) is 34.8 Å². The molecule has 2 heterocycles. The van der Waals surface area contributed by atoms with E-state index in [2.05, 4.69) is 11.4 Å². The summed E-state index contributed by atoms with van der Waals surface area (Å²) in [6.45, 7) is 1.59. The van der Waals surface area contributed by atoms with Crippen molar-refractivity contribution in [3.05, 3.63) is 62.4 Å². The second-order valence-corrected chi connectivity index (χ2v) is 8.24. The lowest BCUT2D eigenvalue weighted by molar-refractivity contribution is -0.116. The number of nitrogens with zero attached hydrogens (tertiary/aromatic N) is 2. The highest BCUT2D eigenvalue weighted by Gasteiger charge is 2.36. The van der Waals surface area contributed by atoms with Gasteiger partial charge in [-0.1, -0.05) is 18.9 Å². The molecule has 1 aromatic heterocycles. The van der Waals surface area contributed by atoms with Crippen LogP contribution in [0.4, 0.5) is 0 Å². The Balaban J connectivity index is 1.49. The lowest BCUT2D eigenvalue weighted by Gasteiger charge is -2.31. The molecular formula is C23H27N3O5. The second-order valence-electron chi connectivity index (χ2n) is 8.24. The van der Waals surface area contributed by atoms with Crippen LogP contribution >= 0.6 is 0 Å². The second kappa shape index (κ2) is 8.45. The van der Waals surface area contributed by atoms with E-state index in [1.807, 2.05) is 12.1 Å². The Kier molecular flexibility index (Phi) is 5.71. The fourth-order valence-corrected chi connectivity index (χ4v) is 4.42. The van der Waals surface area contributed by atoms with Crippen molar-refractivity contribution in [2.24, 2.45) is 14.1 Å². The third-order valence-electron chi connectivity index (χ3n) is 6.20. The molecule has 2 aliphatic rings. The topological polar surface area (TPSA) is 91.6 Å². The predicted molar refractivity (Wildman–Crippen MR) is 117 cm³/mol. The minimum absolute atomic E-state index is 0.147. The fourth-order valence-electron chi connectivity index (χ4n) is 4.42. The molecule has 4 rings (SSSR count). The molecule has 1 amide bonds. The van der Waals surface area contributed by atoms with Gasteiger partial charge in [0.25, 0.3) is 5.56 Å². The maximum absolute atomic E-state index is 12.5. The first kappa shape index (κ1) is 21.0. The van der Waals surface area contributed by atoms with E-state index in [-0.39, 0.29) is 16.9 Å². The summed E-state index contributed by atoms with van der Waals surface area (Å²) < 4.78 is 13.7. The SMILES string of the molecule is Cn1cc(C=CC(=O)NCC2(c3ccc4c(c3)OCCO4)CCCC2)c(=O)n(C)c1=O. The first-order valence-electron chi connectivity index (χ1n) is 10.5. The standard InChI is InChI=1S/C23H27N3O5/c1-25-14-16(21(28)26(2)22(25)29)5-8-20(27)24-15-23(9-3-4-10-23)17-6-7-18-19(13-17)31-12-11-30-18/h5-8,13-14H,3-4,9-12,15H2,1-2H3,(H,24,27). The van der Waals surface area contributed by atoms with Crippen molar-refractivity contribution >= 4 is 12.0 Å². The summed E-state index contributed by atoms with van der Waals surface area (Å²) in [6.07, 6.45) is 8.40. The Bertz CT molecular complexity index is 1140. The van der Waals surface area contributed by atoms with Gasteiger partial charge in [0.05, 0.1) is 5.56 Å².